The summed E-state index contributed by atoms with van der Waals surface area (Å²) in [5.41, 5.74) is 1.45. The molecule has 3 heteroatoms. The second-order valence-corrected chi connectivity index (χ2v) is 6.15. The van der Waals surface area contributed by atoms with Gasteiger partial charge in [-0.1, -0.05) is 31.9 Å². The molecule has 2 nitrogen and oxygen atoms in total. The molecule has 1 unspecified atom stereocenters. The lowest BCUT2D eigenvalue weighted by Crippen LogP contribution is -2.58. The number of halogens is 1. The molecule has 0 saturated heterocycles. The summed E-state index contributed by atoms with van der Waals surface area (Å²) in [5, 5.41) is 3.67. The fourth-order valence-corrected chi connectivity index (χ4v) is 3.65. The van der Waals surface area contributed by atoms with Gasteiger partial charge in [-0.25, -0.2) is 4.39 Å². The molecule has 1 atom stereocenters. The molecule has 0 aliphatic heterocycles. The number of benzene rings is 1. The highest BCUT2D eigenvalue weighted by Gasteiger charge is 2.42. The van der Waals surface area contributed by atoms with Gasteiger partial charge in [0, 0.05) is 11.6 Å². The van der Waals surface area contributed by atoms with Gasteiger partial charge in [0.1, 0.15) is 5.82 Å². The van der Waals surface area contributed by atoms with Crippen molar-refractivity contribution in [2.24, 2.45) is 0 Å². The van der Waals surface area contributed by atoms with E-state index in [-0.39, 0.29) is 11.4 Å². The Labute approximate surface area is 122 Å². The van der Waals surface area contributed by atoms with Crippen molar-refractivity contribution in [1.29, 1.82) is 0 Å². The van der Waals surface area contributed by atoms with E-state index in [1.165, 1.54) is 31.2 Å². The Morgan fingerprint density at radius 3 is 2.30 bits per heavy atom. The second kappa shape index (κ2) is 6.68. The van der Waals surface area contributed by atoms with Crippen LogP contribution < -0.4 is 5.32 Å². The van der Waals surface area contributed by atoms with Crippen LogP contribution in [0.3, 0.4) is 0 Å². The zero-order valence-electron chi connectivity index (χ0n) is 13.0. The SMILES string of the molecule is CCNC(Cc1ccc(F)cc1)C1(N(C)C)CCCC1. The molecule has 0 aromatic heterocycles. The predicted octanol–water partition coefficient (Wildman–Crippen LogP) is 3.22. The Bertz CT molecular complexity index is 408. The number of nitrogens with one attached hydrogen (secondary N) is 1. The molecular weight excluding hydrogens is 251 g/mol. The van der Waals surface area contributed by atoms with Gasteiger partial charge in [-0.15, -0.1) is 0 Å². The van der Waals surface area contributed by atoms with Crippen LogP contribution in [-0.2, 0) is 6.42 Å². The first-order valence-corrected chi connectivity index (χ1v) is 7.74. The van der Waals surface area contributed by atoms with Crippen molar-refractivity contribution in [3.8, 4) is 0 Å². The first kappa shape index (κ1) is 15.5. The molecule has 112 valence electrons. The lowest BCUT2D eigenvalue weighted by atomic mass is 9.83. The minimum Gasteiger partial charge on any atom is -0.312 e. The Balaban J connectivity index is 2.19. The van der Waals surface area contributed by atoms with Crippen LogP contribution in [0.1, 0.15) is 38.2 Å². The summed E-state index contributed by atoms with van der Waals surface area (Å²) in [6, 6.07) is 7.39. The molecule has 1 aliphatic rings. The fourth-order valence-electron chi connectivity index (χ4n) is 3.65. The van der Waals surface area contributed by atoms with E-state index >= 15 is 0 Å². The molecule has 0 heterocycles. The molecule has 0 amide bonds. The highest BCUT2D eigenvalue weighted by molar-refractivity contribution is 5.19. The van der Waals surface area contributed by atoms with Crippen LogP contribution in [0.5, 0.6) is 0 Å². The van der Waals surface area contributed by atoms with E-state index in [9.17, 15) is 4.39 Å². The molecule has 1 saturated carbocycles. The van der Waals surface area contributed by atoms with Crippen LogP contribution in [0.25, 0.3) is 0 Å². The van der Waals surface area contributed by atoms with Crippen molar-refractivity contribution in [1.82, 2.24) is 10.2 Å². The van der Waals surface area contributed by atoms with Gasteiger partial charge >= 0.3 is 0 Å². The van der Waals surface area contributed by atoms with Gasteiger partial charge in [-0.3, -0.25) is 0 Å². The van der Waals surface area contributed by atoms with E-state index in [1.54, 1.807) is 12.1 Å². The number of hydrogen-bond acceptors (Lipinski definition) is 2. The maximum Gasteiger partial charge on any atom is 0.123 e. The molecule has 0 radical (unpaired) electrons. The van der Waals surface area contributed by atoms with E-state index < -0.39 is 0 Å². The quantitative estimate of drug-likeness (QED) is 0.859. The molecule has 2 rings (SSSR count). The highest BCUT2D eigenvalue weighted by atomic mass is 19.1. The van der Waals surface area contributed by atoms with Crippen molar-refractivity contribution in [3.63, 3.8) is 0 Å². The summed E-state index contributed by atoms with van der Waals surface area (Å²) >= 11 is 0. The van der Waals surface area contributed by atoms with E-state index in [0.717, 1.165) is 13.0 Å². The van der Waals surface area contributed by atoms with Gasteiger partial charge in [0.2, 0.25) is 0 Å². The summed E-state index contributed by atoms with van der Waals surface area (Å²) < 4.78 is 13.1. The number of hydrogen-bond donors (Lipinski definition) is 1. The van der Waals surface area contributed by atoms with Gasteiger partial charge in [0.25, 0.3) is 0 Å². The number of likely N-dealkylation sites (N-methyl/N-ethyl adjacent to an activating group) is 2. The molecule has 1 aromatic rings. The topological polar surface area (TPSA) is 15.3 Å². The zero-order valence-corrected chi connectivity index (χ0v) is 13.0. The fraction of sp³-hybridized carbons (Fsp3) is 0.647. The Morgan fingerprint density at radius 1 is 1.20 bits per heavy atom. The Hall–Kier alpha value is -0.930. The lowest BCUT2D eigenvalue weighted by Gasteiger charge is -2.44. The van der Waals surface area contributed by atoms with E-state index in [1.807, 2.05) is 12.1 Å². The zero-order chi connectivity index (χ0) is 14.6. The average Bonchev–Trinajstić information content (AvgIpc) is 2.91. The van der Waals surface area contributed by atoms with Crippen molar-refractivity contribution in [2.45, 2.75) is 50.6 Å². The molecule has 1 aliphatic carbocycles. The third-order valence-electron chi connectivity index (χ3n) is 4.81. The molecule has 20 heavy (non-hydrogen) atoms. The van der Waals surface area contributed by atoms with Crippen molar-refractivity contribution in [3.05, 3.63) is 35.6 Å². The monoisotopic (exact) mass is 278 g/mol. The normalized spacial score (nSPS) is 19.4. The second-order valence-electron chi connectivity index (χ2n) is 6.15. The van der Waals surface area contributed by atoms with Crippen LogP contribution in [0.15, 0.2) is 24.3 Å². The first-order valence-electron chi connectivity index (χ1n) is 7.74. The third-order valence-corrected chi connectivity index (χ3v) is 4.81. The van der Waals surface area contributed by atoms with Gasteiger partial charge in [-0.2, -0.15) is 0 Å². The van der Waals surface area contributed by atoms with Gasteiger partial charge < -0.3 is 10.2 Å². The largest absolute Gasteiger partial charge is 0.312 e. The van der Waals surface area contributed by atoms with Gasteiger partial charge in [0.05, 0.1) is 0 Å². The molecule has 1 N–H and O–H groups in total. The molecule has 0 bridgehead atoms. The maximum absolute atomic E-state index is 13.1. The molecule has 1 fully saturated rings. The minimum absolute atomic E-state index is 0.156. The van der Waals surface area contributed by atoms with Crippen LogP contribution in [-0.4, -0.2) is 37.1 Å². The Morgan fingerprint density at radius 2 is 1.80 bits per heavy atom. The average molecular weight is 278 g/mol. The van der Waals surface area contributed by atoms with Gasteiger partial charge in [0.15, 0.2) is 0 Å². The van der Waals surface area contributed by atoms with Crippen molar-refractivity contribution >= 4 is 0 Å². The summed E-state index contributed by atoms with van der Waals surface area (Å²) in [7, 11) is 4.39. The molecular formula is C17H27FN2. The van der Waals surface area contributed by atoms with Crippen molar-refractivity contribution < 1.29 is 4.39 Å². The van der Waals surface area contributed by atoms with Crippen LogP contribution in [0.2, 0.25) is 0 Å². The van der Waals surface area contributed by atoms with Crippen molar-refractivity contribution in [2.75, 3.05) is 20.6 Å². The molecule has 0 spiro atoms. The van der Waals surface area contributed by atoms with E-state index in [0.29, 0.717) is 6.04 Å². The minimum atomic E-state index is -0.156. The highest BCUT2D eigenvalue weighted by Crippen LogP contribution is 2.37. The van der Waals surface area contributed by atoms with E-state index in [4.69, 9.17) is 0 Å². The predicted molar refractivity (Wildman–Crippen MR) is 82.5 cm³/mol. The first-order chi connectivity index (χ1) is 9.58. The molecule has 1 aromatic carbocycles. The Kier molecular flexibility index (Phi) is 5.17. The van der Waals surface area contributed by atoms with Crippen LogP contribution in [0, 0.1) is 5.82 Å². The number of nitrogens with zero attached hydrogens (tertiary/aromatic N) is 1. The summed E-state index contributed by atoms with van der Waals surface area (Å²) in [6.07, 6.45) is 6.08. The van der Waals surface area contributed by atoms with E-state index in [2.05, 4.69) is 31.2 Å². The third kappa shape index (κ3) is 3.21. The summed E-state index contributed by atoms with van der Waals surface area (Å²) in [4.78, 5) is 2.40. The standard InChI is InChI=1S/C17H27FN2/c1-4-19-16(13-14-7-9-15(18)10-8-14)17(20(2)3)11-5-6-12-17/h7-10,16,19H,4-6,11-13H2,1-3H3. The summed E-state index contributed by atoms with van der Waals surface area (Å²) in [5.74, 6) is -0.156. The lowest BCUT2D eigenvalue weighted by molar-refractivity contribution is 0.105. The number of rotatable bonds is 6. The van der Waals surface area contributed by atoms with Crippen LogP contribution >= 0.6 is 0 Å². The maximum atomic E-state index is 13.1. The van der Waals surface area contributed by atoms with Gasteiger partial charge in [-0.05, 0) is 57.6 Å². The smallest absolute Gasteiger partial charge is 0.123 e. The summed E-state index contributed by atoms with van der Waals surface area (Å²) in [6.45, 7) is 3.14. The van der Waals surface area contributed by atoms with Crippen LogP contribution in [0.4, 0.5) is 4.39 Å².